The van der Waals surface area contributed by atoms with E-state index in [2.05, 4.69) is 5.32 Å². The summed E-state index contributed by atoms with van der Waals surface area (Å²) in [5, 5.41) is 2.97. The Bertz CT molecular complexity index is 454. The summed E-state index contributed by atoms with van der Waals surface area (Å²) >= 11 is 0. The molecule has 19 heavy (non-hydrogen) atoms. The summed E-state index contributed by atoms with van der Waals surface area (Å²) in [5.41, 5.74) is 4.26. The average Bonchev–Trinajstić information content (AvgIpc) is 2.37. The third kappa shape index (κ3) is 4.17. The highest BCUT2D eigenvalue weighted by Gasteiger charge is 2.31. The van der Waals surface area contributed by atoms with E-state index in [9.17, 15) is 13.6 Å². The SMILES string of the molecule is CCCNC(C)(COc1ccc(F)c(F)c1)C(N)=O. The number of carbonyl (C=O) groups is 1. The lowest BCUT2D eigenvalue weighted by Crippen LogP contribution is -2.57. The van der Waals surface area contributed by atoms with Gasteiger partial charge in [0.25, 0.3) is 0 Å². The monoisotopic (exact) mass is 272 g/mol. The first-order valence-electron chi connectivity index (χ1n) is 6.02. The Morgan fingerprint density at radius 2 is 2.11 bits per heavy atom. The quantitative estimate of drug-likeness (QED) is 0.792. The number of nitrogens with one attached hydrogen (secondary N) is 1. The molecule has 0 aliphatic rings. The number of halogens is 2. The van der Waals surface area contributed by atoms with E-state index in [0.717, 1.165) is 18.6 Å². The second-order valence-electron chi connectivity index (χ2n) is 4.49. The maximum atomic E-state index is 13.0. The summed E-state index contributed by atoms with van der Waals surface area (Å²) in [6, 6.07) is 3.18. The van der Waals surface area contributed by atoms with Crippen molar-refractivity contribution >= 4 is 5.91 Å². The summed E-state index contributed by atoms with van der Waals surface area (Å²) in [4.78, 5) is 11.4. The lowest BCUT2D eigenvalue weighted by Gasteiger charge is -2.27. The average molecular weight is 272 g/mol. The van der Waals surface area contributed by atoms with Gasteiger partial charge >= 0.3 is 0 Å². The van der Waals surface area contributed by atoms with Crippen molar-refractivity contribution in [2.24, 2.45) is 5.73 Å². The molecule has 0 heterocycles. The molecule has 3 N–H and O–H groups in total. The second kappa shape index (κ2) is 6.47. The lowest BCUT2D eigenvalue weighted by atomic mass is 10.0. The first-order chi connectivity index (χ1) is 8.89. The number of hydrogen-bond donors (Lipinski definition) is 2. The van der Waals surface area contributed by atoms with E-state index in [1.165, 1.54) is 6.07 Å². The minimum atomic E-state index is -1.05. The molecule has 1 aromatic rings. The summed E-state index contributed by atoms with van der Waals surface area (Å²) < 4.78 is 31.0. The van der Waals surface area contributed by atoms with E-state index in [1.807, 2.05) is 6.92 Å². The Morgan fingerprint density at radius 1 is 1.42 bits per heavy atom. The molecule has 0 radical (unpaired) electrons. The molecule has 0 saturated carbocycles. The molecule has 1 rings (SSSR count). The molecular weight excluding hydrogens is 254 g/mol. The molecule has 1 atom stereocenters. The molecular formula is C13H18F2N2O2. The maximum absolute atomic E-state index is 13.0. The van der Waals surface area contributed by atoms with E-state index < -0.39 is 23.1 Å². The second-order valence-corrected chi connectivity index (χ2v) is 4.49. The topological polar surface area (TPSA) is 64.3 Å². The summed E-state index contributed by atoms with van der Waals surface area (Å²) in [5.74, 6) is -2.37. The van der Waals surface area contributed by atoms with Crippen molar-refractivity contribution in [2.75, 3.05) is 13.2 Å². The van der Waals surface area contributed by atoms with Crippen LogP contribution in [0.1, 0.15) is 20.3 Å². The fourth-order valence-electron chi connectivity index (χ4n) is 1.40. The molecule has 1 amide bonds. The van der Waals surface area contributed by atoms with Gasteiger partial charge in [0.15, 0.2) is 11.6 Å². The minimum Gasteiger partial charge on any atom is -0.491 e. The van der Waals surface area contributed by atoms with Crippen molar-refractivity contribution in [3.63, 3.8) is 0 Å². The molecule has 1 aromatic carbocycles. The van der Waals surface area contributed by atoms with Crippen LogP contribution in [0.25, 0.3) is 0 Å². The third-order valence-electron chi connectivity index (χ3n) is 2.73. The van der Waals surface area contributed by atoms with Crippen molar-refractivity contribution in [2.45, 2.75) is 25.8 Å². The molecule has 0 aromatic heterocycles. The number of primary amides is 1. The van der Waals surface area contributed by atoms with Crippen LogP contribution in [-0.4, -0.2) is 24.6 Å². The van der Waals surface area contributed by atoms with Crippen LogP contribution in [0.5, 0.6) is 5.75 Å². The standard InChI is InChI=1S/C13H18F2N2O2/c1-3-6-17-13(2,12(16)18)8-19-9-4-5-10(14)11(15)7-9/h4-5,7,17H,3,6,8H2,1-2H3,(H2,16,18). The van der Waals surface area contributed by atoms with Crippen LogP contribution < -0.4 is 15.8 Å². The van der Waals surface area contributed by atoms with Gasteiger partial charge in [0, 0.05) is 6.07 Å². The summed E-state index contributed by atoms with van der Waals surface area (Å²) in [6.07, 6.45) is 0.827. The lowest BCUT2D eigenvalue weighted by molar-refractivity contribution is -0.125. The fraction of sp³-hybridized carbons (Fsp3) is 0.462. The smallest absolute Gasteiger partial charge is 0.240 e. The van der Waals surface area contributed by atoms with Gasteiger partial charge in [-0.05, 0) is 32.0 Å². The van der Waals surface area contributed by atoms with Gasteiger partial charge in [0.1, 0.15) is 17.9 Å². The van der Waals surface area contributed by atoms with Gasteiger partial charge in [-0.1, -0.05) is 6.92 Å². The van der Waals surface area contributed by atoms with Gasteiger partial charge in [0.05, 0.1) is 0 Å². The van der Waals surface area contributed by atoms with Crippen LogP contribution in [0.4, 0.5) is 8.78 Å². The van der Waals surface area contributed by atoms with E-state index in [1.54, 1.807) is 6.92 Å². The van der Waals surface area contributed by atoms with Crippen molar-refractivity contribution < 1.29 is 18.3 Å². The third-order valence-corrected chi connectivity index (χ3v) is 2.73. The Kier molecular flexibility index (Phi) is 5.23. The Labute approximate surface area is 110 Å². The minimum absolute atomic E-state index is 0.0621. The Hall–Kier alpha value is -1.69. The van der Waals surface area contributed by atoms with E-state index in [4.69, 9.17) is 10.5 Å². The normalized spacial score (nSPS) is 13.9. The van der Waals surface area contributed by atoms with E-state index in [0.29, 0.717) is 6.54 Å². The van der Waals surface area contributed by atoms with Gasteiger partial charge in [0.2, 0.25) is 5.91 Å². The maximum Gasteiger partial charge on any atom is 0.240 e. The summed E-state index contributed by atoms with van der Waals surface area (Å²) in [6.45, 7) is 4.09. The number of hydrogen-bond acceptors (Lipinski definition) is 3. The Balaban J connectivity index is 2.70. The van der Waals surface area contributed by atoms with Crippen LogP contribution in [0.15, 0.2) is 18.2 Å². The van der Waals surface area contributed by atoms with Crippen molar-refractivity contribution in [3.05, 3.63) is 29.8 Å². The van der Waals surface area contributed by atoms with E-state index >= 15 is 0 Å². The highest BCUT2D eigenvalue weighted by Crippen LogP contribution is 2.17. The Morgan fingerprint density at radius 3 is 2.63 bits per heavy atom. The number of nitrogens with two attached hydrogens (primary N) is 1. The van der Waals surface area contributed by atoms with Gasteiger partial charge in [-0.15, -0.1) is 0 Å². The number of ether oxygens (including phenoxy) is 1. The van der Waals surface area contributed by atoms with Gasteiger partial charge in [-0.25, -0.2) is 8.78 Å². The van der Waals surface area contributed by atoms with Crippen LogP contribution in [0.3, 0.4) is 0 Å². The zero-order chi connectivity index (χ0) is 14.5. The number of carbonyl (C=O) groups excluding carboxylic acids is 1. The predicted octanol–water partition coefficient (Wildman–Crippen LogP) is 1.59. The molecule has 1 unspecified atom stereocenters. The molecule has 0 spiro atoms. The molecule has 4 nitrogen and oxygen atoms in total. The zero-order valence-electron chi connectivity index (χ0n) is 11.0. The van der Waals surface area contributed by atoms with Crippen LogP contribution >= 0.6 is 0 Å². The van der Waals surface area contributed by atoms with Crippen LogP contribution in [0, 0.1) is 11.6 Å². The van der Waals surface area contributed by atoms with Gasteiger partial charge < -0.3 is 15.8 Å². The largest absolute Gasteiger partial charge is 0.491 e. The van der Waals surface area contributed by atoms with Crippen molar-refractivity contribution in [1.29, 1.82) is 0 Å². The molecule has 6 heteroatoms. The number of amides is 1. The predicted molar refractivity (Wildman–Crippen MR) is 67.7 cm³/mol. The number of rotatable bonds is 7. The fourth-order valence-corrected chi connectivity index (χ4v) is 1.40. The molecule has 0 aliphatic heterocycles. The first-order valence-corrected chi connectivity index (χ1v) is 6.02. The zero-order valence-corrected chi connectivity index (χ0v) is 11.0. The molecule has 0 aliphatic carbocycles. The van der Waals surface area contributed by atoms with Crippen molar-refractivity contribution in [1.82, 2.24) is 5.32 Å². The number of benzene rings is 1. The summed E-state index contributed by atoms with van der Waals surface area (Å²) in [7, 11) is 0. The highest BCUT2D eigenvalue weighted by molar-refractivity contribution is 5.84. The molecule has 0 fully saturated rings. The van der Waals surface area contributed by atoms with Gasteiger partial charge in [-0.3, -0.25) is 4.79 Å². The molecule has 106 valence electrons. The first kappa shape index (κ1) is 15.4. The van der Waals surface area contributed by atoms with Crippen LogP contribution in [0.2, 0.25) is 0 Å². The van der Waals surface area contributed by atoms with E-state index in [-0.39, 0.29) is 12.4 Å². The van der Waals surface area contributed by atoms with Crippen LogP contribution in [-0.2, 0) is 4.79 Å². The molecule has 0 saturated heterocycles. The highest BCUT2D eigenvalue weighted by atomic mass is 19.2. The van der Waals surface area contributed by atoms with Gasteiger partial charge in [-0.2, -0.15) is 0 Å². The van der Waals surface area contributed by atoms with Crippen molar-refractivity contribution in [3.8, 4) is 5.75 Å². The molecule has 0 bridgehead atoms.